The van der Waals surface area contributed by atoms with Crippen molar-refractivity contribution in [3.8, 4) is 0 Å². The quantitative estimate of drug-likeness (QED) is 0.773. The summed E-state index contributed by atoms with van der Waals surface area (Å²) in [5.41, 5.74) is 3.14. The first kappa shape index (κ1) is 11.6. The summed E-state index contributed by atoms with van der Waals surface area (Å²) >= 11 is 0. The maximum absolute atomic E-state index is 4.16. The van der Waals surface area contributed by atoms with E-state index in [9.17, 15) is 0 Å². The topological polar surface area (TPSA) is 55.6 Å². The summed E-state index contributed by atoms with van der Waals surface area (Å²) in [5.74, 6) is 0. The summed E-state index contributed by atoms with van der Waals surface area (Å²) in [6.45, 7) is 0.842. The lowest BCUT2D eigenvalue weighted by atomic mass is 10.2. The number of anilines is 1. The first-order valence-electron chi connectivity index (χ1n) is 6.26. The van der Waals surface area contributed by atoms with Crippen LogP contribution in [0.5, 0.6) is 0 Å². The Morgan fingerprint density at radius 1 is 1.21 bits per heavy atom. The lowest BCUT2D eigenvalue weighted by Crippen LogP contribution is -2.09. The van der Waals surface area contributed by atoms with Gasteiger partial charge in [0, 0.05) is 37.3 Å². The SMILES string of the molecule is Cn1nccc1CCNc1cnnc2ccccc12. The molecular weight excluding hydrogens is 238 g/mol. The molecule has 0 spiro atoms. The Kier molecular flexibility index (Phi) is 3.10. The molecule has 0 aliphatic heterocycles. The number of aryl methyl sites for hydroxylation is 1. The fourth-order valence-electron chi connectivity index (χ4n) is 2.12. The molecule has 0 atom stereocenters. The zero-order valence-electron chi connectivity index (χ0n) is 10.7. The summed E-state index contributed by atoms with van der Waals surface area (Å²) < 4.78 is 1.89. The number of nitrogens with zero attached hydrogens (tertiary/aromatic N) is 4. The van der Waals surface area contributed by atoms with Gasteiger partial charge in [0.15, 0.2) is 0 Å². The summed E-state index contributed by atoms with van der Waals surface area (Å²) in [6.07, 6.45) is 4.51. The zero-order chi connectivity index (χ0) is 13.1. The average Bonchev–Trinajstić information content (AvgIpc) is 2.85. The molecule has 0 aliphatic carbocycles. The van der Waals surface area contributed by atoms with Gasteiger partial charge in [-0.05, 0) is 12.1 Å². The van der Waals surface area contributed by atoms with Crippen LogP contribution in [0, 0.1) is 0 Å². The minimum atomic E-state index is 0.842. The molecule has 2 aromatic heterocycles. The van der Waals surface area contributed by atoms with Crippen molar-refractivity contribution in [2.45, 2.75) is 6.42 Å². The molecule has 96 valence electrons. The Balaban J connectivity index is 1.74. The van der Waals surface area contributed by atoms with E-state index in [0.717, 1.165) is 29.6 Å². The predicted octanol–water partition coefficient (Wildman–Crippen LogP) is 2.02. The summed E-state index contributed by atoms with van der Waals surface area (Å²) in [4.78, 5) is 0. The maximum Gasteiger partial charge on any atom is 0.0950 e. The molecule has 3 aromatic rings. The maximum atomic E-state index is 4.16. The van der Waals surface area contributed by atoms with Crippen LogP contribution in [-0.4, -0.2) is 26.5 Å². The molecule has 0 amide bonds. The normalized spacial score (nSPS) is 10.8. The number of nitrogens with one attached hydrogen (secondary N) is 1. The lowest BCUT2D eigenvalue weighted by molar-refractivity contribution is 0.711. The van der Waals surface area contributed by atoms with Gasteiger partial charge in [-0.2, -0.15) is 15.3 Å². The molecule has 5 heteroatoms. The van der Waals surface area contributed by atoms with Crippen LogP contribution >= 0.6 is 0 Å². The van der Waals surface area contributed by atoms with Crippen molar-refractivity contribution in [1.82, 2.24) is 20.0 Å². The molecule has 1 aromatic carbocycles. The number of benzene rings is 1. The highest BCUT2D eigenvalue weighted by Gasteiger charge is 2.02. The molecule has 1 N–H and O–H groups in total. The van der Waals surface area contributed by atoms with E-state index in [1.807, 2.05) is 42.2 Å². The molecule has 0 aliphatic rings. The van der Waals surface area contributed by atoms with Crippen LogP contribution < -0.4 is 5.32 Å². The Morgan fingerprint density at radius 2 is 2.11 bits per heavy atom. The van der Waals surface area contributed by atoms with Crippen LogP contribution in [-0.2, 0) is 13.5 Å². The Hall–Kier alpha value is -2.43. The minimum Gasteiger partial charge on any atom is -0.383 e. The monoisotopic (exact) mass is 253 g/mol. The average molecular weight is 253 g/mol. The molecule has 0 fully saturated rings. The number of fused-ring (bicyclic) bond motifs is 1. The van der Waals surface area contributed by atoms with Crippen LogP contribution in [0.15, 0.2) is 42.7 Å². The molecule has 0 saturated heterocycles. The van der Waals surface area contributed by atoms with Crippen molar-refractivity contribution in [2.24, 2.45) is 7.05 Å². The predicted molar refractivity (Wildman–Crippen MR) is 74.9 cm³/mol. The van der Waals surface area contributed by atoms with Crippen molar-refractivity contribution >= 4 is 16.6 Å². The van der Waals surface area contributed by atoms with Gasteiger partial charge in [0.25, 0.3) is 0 Å². The van der Waals surface area contributed by atoms with Crippen LogP contribution in [0.3, 0.4) is 0 Å². The van der Waals surface area contributed by atoms with E-state index in [4.69, 9.17) is 0 Å². The van der Waals surface area contributed by atoms with E-state index in [1.165, 1.54) is 5.69 Å². The summed E-state index contributed by atoms with van der Waals surface area (Å²) in [7, 11) is 1.96. The van der Waals surface area contributed by atoms with Gasteiger partial charge in [0.2, 0.25) is 0 Å². The van der Waals surface area contributed by atoms with Gasteiger partial charge in [0.1, 0.15) is 0 Å². The molecule has 0 radical (unpaired) electrons. The third-order valence-corrected chi connectivity index (χ3v) is 3.17. The van der Waals surface area contributed by atoms with E-state index in [1.54, 1.807) is 6.20 Å². The van der Waals surface area contributed by atoms with Gasteiger partial charge in [-0.3, -0.25) is 4.68 Å². The molecular formula is C14H15N5. The van der Waals surface area contributed by atoms with E-state index in [-0.39, 0.29) is 0 Å². The van der Waals surface area contributed by atoms with Crippen molar-refractivity contribution < 1.29 is 0 Å². The summed E-state index contributed by atoms with van der Waals surface area (Å²) in [6, 6.07) is 10.0. The smallest absolute Gasteiger partial charge is 0.0950 e. The lowest BCUT2D eigenvalue weighted by Gasteiger charge is -2.08. The van der Waals surface area contributed by atoms with Crippen molar-refractivity contribution in [1.29, 1.82) is 0 Å². The van der Waals surface area contributed by atoms with E-state index in [0.29, 0.717) is 0 Å². The molecule has 3 rings (SSSR count). The highest BCUT2D eigenvalue weighted by atomic mass is 15.3. The van der Waals surface area contributed by atoms with Gasteiger partial charge in [0.05, 0.1) is 17.4 Å². The first-order valence-corrected chi connectivity index (χ1v) is 6.26. The number of aromatic nitrogens is 4. The molecule has 0 unspecified atom stereocenters. The molecule has 2 heterocycles. The Labute approximate surface area is 111 Å². The van der Waals surface area contributed by atoms with E-state index < -0.39 is 0 Å². The minimum absolute atomic E-state index is 0.842. The second-order valence-corrected chi connectivity index (χ2v) is 4.40. The van der Waals surface area contributed by atoms with Gasteiger partial charge in [-0.15, -0.1) is 0 Å². The van der Waals surface area contributed by atoms with Crippen LogP contribution in [0.4, 0.5) is 5.69 Å². The third-order valence-electron chi connectivity index (χ3n) is 3.17. The second-order valence-electron chi connectivity index (χ2n) is 4.40. The molecule has 0 bridgehead atoms. The Morgan fingerprint density at radius 3 is 2.95 bits per heavy atom. The van der Waals surface area contributed by atoms with Crippen molar-refractivity contribution in [2.75, 3.05) is 11.9 Å². The highest BCUT2D eigenvalue weighted by Crippen LogP contribution is 2.19. The third kappa shape index (κ3) is 2.40. The number of hydrogen-bond donors (Lipinski definition) is 1. The van der Waals surface area contributed by atoms with Gasteiger partial charge < -0.3 is 5.32 Å². The summed E-state index contributed by atoms with van der Waals surface area (Å²) in [5, 5.41) is 16.8. The van der Waals surface area contributed by atoms with Crippen LogP contribution in [0.1, 0.15) is 5.69 Å². The fourth-order valence-corrected chi connectivity index (χ4v) is 2.12. The van der Waals surface area contributed by atoms with Gasteiger partial charge >= 0.3 is 0 Å². The van der Waals surface area contributed by atoms with Crippen molar-refractivity contribution in [3.05, 3.63) is 48.4 Å². The number of hydrogen-bond acceptors (Lipinski definition) is 4. The number of rotatable bonds is 4. The molecule has 5 nitrogen and oxygen atoms in total. The van der Waals surface area contributed by atoms with Gasteiger partial charge in [-0.25, -0.2) is 0 Å². The fraction of sp³-hybridized carbons (Fsp3) is 0.214. The van der Waals surface area contributed by atoms with Crippen molar-refractivity contribution in [3.63, 3.8) is 0 Å². The van der Waals surface area contributed by atoms with Crippen LogP contribution in [0.2, 0.25) is 0 Å². The van der Waals surface area contributed by atoms with Crippen LogP contribution in [0.25, 0.3) is 10.9 Å². The zero-order valence-corrected chi connectivity index (χ0v) is 10.7. The highest BCUT2D eigenvalue weighted by molar-refractivity contribution is 5.90. The molecule has 0 saturated carbocycles. The van der Waals surface area contributed by atoms with E-state index in [2.05, 4.69) is 26.7 Å². The molecule has 19 heavy (non-hydrogen) atoms. The largest absolute Gasteiger partial charge is 0.383 e. The first-order chi connectivity index (χ1) is 9.34. The second kappa shape index (κ2) is 5.06. The van der Waals surface area contributed by atoms with E-state index >= 15 is 0 Å². The standard InChI is InChI=1S/C14H15N5/c1-19-11(7-9-17-19)6-8-15-14-10-16-18-13-5-3-2-4-12(13)14/h2-5,7,9-10H,6,8H2,1H3,(H,15,18). The Bertz CT molecular complexity index is 684. The van der Waals surface area contributed by atoms with Gasteiger partial charge in [-0.1, -0.05) is 18.2 Å².